The highest BCUT2D eigenvalue weighted by atomic mass is 35.5. The number of halogens is 1. The SMILES string of the molecule is Cc1ccc(-c2nnc(CSc3nnc(-c4ccnc(N)c4)n3-c3ccccc3Cl)o2)cc1. The van der Waals surface area contributed by atoms with Crippen LogP contribution in [0, 0.1) is 6.92 Å². The molecule has 0 fully saturated rings. The van der Waals surface area contributed by atoms with Crippen LogP contribution in [0.2, 0.25) is 5.02 Å². The van der Waals surface area contributed by atoms with E-state index in [-0.39, 0.29) is 0 Å². The number of para-hydroxylation sites is 1. The summed E-state index contributed by atoms with van der Waals surface area (Å²) < 4.78 is 7.74. The second kappa shape index (κ2) is 9.05. The van der Waals surface area contributed by atoms with Crippen LogP contribution in [0.15, 0.2) is 76.4 Å². The summed E-state index contributed by atoms with van der Waals surface area (Å²) in [5.41, 5.74) is 9.46. The van der Waals surface area contributed by atoms with Gasteiger partial charge in [-0.25, -0.2) is 4.98 Å². The number of nitrogens with zero attached hydrogens (tertiary/aromatic N) is 6. The molecule has 2 N–H and O–H groups in total. The smallest absolute Gasteiger partial charge is 0.247 e. The number of aromatic nitrogens is 6. The minimum atomic E-state index is 0.393. The minimum Gasteiger partial charge on any atom is -0.420 e. The second-order valence-corrected chi connectivity index (χ2v) is 8.57. The van der Waals surface area contributed by atoms with Gasteiger partial charge in [-0.1, -0.05) is 53.2 Å². The summed E-state index contributed by atoms with van der Waals surface area (Å²) in [6.45, 7) is 2.03. The van der Waals surface area contributed by atoms with E-state index in [1.54, 1.807) is 12.3 Å². The molecule has 0 saturated carbocycles. The van der Waals surface area contributed by atoms with Gasteiger partial charge in [-0.3, -0.25) is 4.57 Å². The van der Waals surface area contributed by atoms with Crippen LogP contribution in [0.4, 0.5) is 5.82 Å². The van der Waals surface area contributed by atoms with E-state index in [4.69, 9.17) is 21.8 Å². The zero-order chi connectivity index (χ0) is 22.8. The van der Waals surface area contributed by atoms with Gasteiger partial charge < -0.3 is 10.2 Å². The van der Waals surface area contributed by atoms with E-state index in [1.807, 2.05) is 66.1 Å². The summed E-state index contributed by atoms with van der Waals surface area (Å²) >= 11 is 7.94. The molecule has 3 aromatic heterocycles. The molecule has 5 rings (SSSR count). The Bertz CT molecular complexity index is 1410. The van der Waals surface area contributed by atoms with Crippen molar-refractivity contribution in [2.45, 2.75) is 17.8 Å². The van der Waals surface area contributed by atoms with Crippen molar-refractivity contribution >= 4 is 29.2 Å². The molecule has 3 heterocycles. The first-order valence-corrected chi connectivity index (χ1v) is 11.4. The van der Waals surface area contributed by atoms with Crippen molar-refractivity contribution < 1.29 is 4.42 Å². The molecule has 0 radical (unpaired) electrons. The molecule has 5 aromatic rings. The number of benzene rings is 2. The highest BCUT2D eigenvalue weighted by Gasteiger charge is 2.19. The maximum Gasteiger partial charge on any atom is 0.247 e. The first-order chi connectivity index (χ1) is 16.1. The van der Waals surface area contributed by atoms with E-state index in [9.17, 15) is 0 Å². The maximum atomic E-state index is 6.51. The Hall–Kier alpha value is -3.69. The number of anilines is 1. The normalized spacial score (nSPS) is 11.1. The highest BCUT2D eigenvalue weighted by Crippen LogP contribution is 2.33. The first-order valence-electron chi connectivity index (χ1n) is 10.0. The quantitative estimate of drug-likeness (QED) is 0.333. The summed E-state index contributed by atoms with van der Waals surface area (Å²) in [5.74, 6) is 2.38. The average Bonchev–Trinajstić information content (AvgIpc) is 3.46. The fourth-order valence-corrected chi connectivity index (χ4v) is 4.24. The highest BCUT2D eigenvalue weighted by molar-refractivity contribution is 7.98. The van der Waals surface area contributed by atoms with Crippen LogP contribution in [-0.4, -0.2) is 29.9 Å². The molecule has 2 aromatic carbocycles. The van der Waals surface area contributed by atoms with Crippen LogP contribution < -0.4 is 5.73 Å². The fraction of sp³-hybridized carbons (Fsp3) is 0.0870. The number of nitrogens with two attached hydrogens (primary N) is 1. The van der Waals surface area contributed by atoms with Crippen molar-refractivity contribution in [1.82, 2.24) is 29.9 Å². The van der Waals surface area contributed by atoms with Gasteiger partial charge in [0.2, 0.25) is 11.8 Å². The van der Waals surface area contributed by atoms with Gasteiger partial charge in [0.05, 0.1) is 16.5 Å². The van der Waals surface area contributed by atoms with Gasteiger partial charge >= 0.3 is 0 Å². The second-order valence-electron chi connectivity index (χ2n) is 7.22. The molecular formula is C23H18ClN7OS. The number of hydrogen-bond acceptors (Lipinski definition) is 8. The lowest BCUT2D eigenvalue weighted by atomic mass is 10.1. The number of hydrogen-bond donors (Lipinski definition) is 1. The van der Waals surface area contributed by atoms with Crippen LogP contribution in [0.3, 0.4) is 0 Å². The van der Waals surface area contributed by atoms with Gasteiger partial charge in [-0.15, -0.1) is 20.4 Å². The van der Waals surface area contributed by atoms with Crippen LogP contribution in [0.1, 0.15) is 11.5 Å². The molecule has 0 aliphatic rings. The average molecular weight is 476 g/mol. The molecule has 0 aliphatic heterocycles. The predicted molar refractivity (Wildman–Crippen MR) is 128 cm³/mol. The molecule has 0 bridgehead atoms. The van der Waals surface area contributed by atoms with Crippen LogP contribution in [-0.2, 0) is 5.75 Å². The Morgan fingerprint density at radius 2 is 1.79 bits per heavy atom. The maximum absolute atomic E-state index is 6.51. The van der Waals surface area contributed by atoms with Crippen molar-refractivity contribution in [2.75, 3.05) is 5.73 Å². The third-order valence-electron chi connectivity index (χ3n) is 4.86. The molecule has 0 spiro atoms. The predicted octanol–water partition coefficient (Wildman–Crippen LogP) is 5.22. The van der Waals surface area contributed by atoms with Crippen molar-refractivity contribution in [1.29, 1.82) is 0 Å². The van der Waals surface area contributed by atoms with Gasteiger partial charge in [0.25, 0.3) is 0 Å². The van der Waals surface area contributed by atoms with Crippen LogP contribution in [0.5, 0.6) is 0 Å². The lowest BCUT2D eigenvalue weighted by molar-refractivity contribution is 0.528. The van der Waals surface area contributed by atoms with E-state index in [2.05, 4.69) is 25.4 Å². The lowest BCUT2D eigenvalue weighted by Gasteiger charge is -2.11. The number of nitrogen functional groups attached to an aromatic ring is 1. The van der Waals surface area contributed by atoms with Gasteiger partial charge in [0.15, 0.2) is 11.0 Å². The summed E-state index contributed by atoms with van der Waals surface area (Å²) in [7, 11) is 0. The van der Waals surface area contributed by atoms with Gasteiger partial charge in [-0.05, 0) is 43.3 Å². The molecule has 0 aliphatic carbocycles. The molecule has 0 unspecified atom stereocenters. The largest absolute Gasteiger partial charge is 0.420 e. The first kappa shape index (κ1) is 21.2. The fourth-order valence-electron chi connectivity index (χ4n) is 3.24. The summed E-state index contributed by atoms with van der Waals surface area (Å²) in [6.07, 6.45) is 1.63. The van der Waals surface area contributed by atoms with Gasteiger partial charge in [0, 0.05) is 17.3 Å². The van der Waals surface area contributed by atoms with E-state index in [1.165, 1.54) is 17.3 Å². The molecule has 33 heavy (non-hydrogen) atoms. The molecule has 164 valence electrons. The summed E-state index contributed by atoms with van der Waals surface area (Å²) in [4.78, 5) is 4.06. The Labute approximate surface area is 198 Å². The summed E-state index contributed by atoms with van der Waals surface area (Å²) in [5, 5.41) is 18.3. The Kier molecular flexibility index (Phi) is 5.80. The van der Waals surface area contributed by atoms with E-state index >= 15 is 0 Å². The number of rotatable bonds is 6. The number of aryl methyl sites for hydroxylation is 1. The molecule has 0 amide bonds. The molecule has 8 nitrogen and oxygen atoms in total. The van der Waals surface area contributed by atoms with E-state index < -0.39 is 0 Å². The van der Waals surface area contributed by atoms with Crippen LogP contribution in [0.25, 0.3) is 28.5 Å². The zero-order valence-corrected chi connectivity index (χ0v) is 19.1. The minimum absolute atomic E-state index is 0.393. The number of pyridine rings is 1. The molecular weight excluding hydrogens is 458 g/mol. The third-order valence-corrected chi connectivity index (χ3v) is 6.09. The molecule has 0 atom stereocenters. The van der Waals surface area contributed by atoms with Crippen LogP contribution >= 0.6 is 23.4 Å². The topological polar surface area (TPSA) is 109 Å². The van der Waals surface area contributed by atoms with Gasteiger partial charge in [0.1, 0.15) is 5.82 Å². The molecule has 10 heteroatoms. The monoisotopic (exact) mass is 475 g/mol. The third kappa shape index (κ3) is 4.46. The Morgan fingerprint density at radius 3 is 2.58 bits per heavy atom. The number of thioether (sulfide) groups is 1. The van der Waals surface area contributed by atoms with Crippen molar-refractivity contribution in [3.05, 3.63) is 83.3 Å². The summed E-state index contributed by atoms with van der Waals surface area (Å²) in [6, 6.07) is 19.0. The van der Waals surface area contributed by atoms with Crippen molar-refractivity contribution in [3.63, 3.8) is 0 Å². The van der Waals surface area contributed by atoms with E-state index in [0.717, 1.165) is 16.8 Å². The standard InChI is InChI=1S/C23H18ClN7OS/c1-14-6-8-15(9-7-14)22-29-27-20(32-22)13-33-23-30-28-21(16-10-11-26-19(25)12-16)31(23)18-5-3-2-4-17(18)24/h2-12H,13H2,1H3,(H2,25,26). The van der Waals surface area contributed by atoms with Crippen molar-refractivity contribution in [2.24, 2.45) is 0 Å². The van der Waals surface area contributed by atoms with Gasteiger partial charge in [-0.2, -0.15) is 0 Å². The zero-order valence-electron chi connectivity index (χ0n) is 17.5. The Morgan fingerprint density at radius 1 is 0.970 bits per heavy atom. The Balaban J connectivity index is 1.46. The molecule has 0 saturated heterocycles. The lowest BCUT2D eigenvalue weighted by Crippen LogP contribution is -2.01. The van der Waals surface area contributed by atoms with E-state index in [0.29, 0.717) is 39.4 Å². The van der Waals surface area contributed by atoms with Crippen molar-refractivity contribution in [3.8, 4) is 28.5 Å².